The smallest absolute Gasteiger partial charge is 0.252 e. The highest BCUT2D eigenvalue weighted by molar-refractivity contribution is 5.95. The lowest BCUT2D eigenvalue weighted by Gasteiger charge is -2.21. The van der Waals surface area contributed by atoms with Gasteiger partial charge < -0.3 is 10.1 Å². The number of hydrogen-bond donors (Lipinski definition) is 1. The molecule has 1 aromatic heterocycles. The molecule has 1 atom stereocenters. The van der Waals surface area contributed by atoms with Crippen LogP contribution in [0.1, 0.15) is 41.9 Å². The molecular weight excluding hydrogens is 302 g/mol. The van der Waals surface area contributed by atoms with E-state index < -0.39 is 5.54 Å². The molecule has 0 saturated carbocycles. The van der Waals surface area contributed by atoms with E-state index in [1.165, 1.54) is 0 Å². The number of amides is 1. The van der Waals surface area contributed by atoms with Crippen LogP contribution in [0.2, 0.25) is 0 Å². The van der Waals surface area contributed by atoms with Crippen LogP contribution in [0, 0.1) is 18.3 Å². The molecular formula is C19H21N3O2. The molecule has 0 aliphatic rings. The number of aromatic nitrogens is 1. The molecule has 0 radical (unpaired) electrons. The van der Waals surface area contributed by atoms with Gasteiger partial charge in [0.15, 0.2) is 0 Å². The van der Waals surface area contributed by atoms with E-state index in [1.807, 2.05) is 32.0 Å². The molecule has 0 aliphatic heterocycles. The highest BCUT2D eigenvalue weighted by Gasteiger charge is 2.24. The monoisotopic (exact) mass is 323 g/mol. The first-order valence-corrected chi connectivity index (χ1v) is 7.84. The Kier molecular flexibility index (Phi) is 5.54. The van der Waals surface area contributed by atoms with Gasteiger partial charge in [-0.1, -0.05) is 19.1 Å². The first kappa shape index (κ1) is 17.5. The fourth-order valence-corrected chi connectivity index (χ4v) is 2.03. The number of ether oxygens (including phenoxy) is 1. The number of nitrogens with zero attached hydrogens (tertiary/aromatic N) is 2. The van der Waals surface area contributed by atoms with Crippen LogP contribution in [-0.2, 0) is 6.61 Å². The molecule has 2 aromatic rings. The van der Waals surface area contributed by atoms with Crippen molar-refractivity contribution < 1.29 is 9.53 Å². The number of benzene rings is 1. The van der Waals surface area contributed by atoms with Crippen LogP contribution in [0.15, 0.2) is 42.6 Å². The lowest BCUT2D eigenvalue weighted by Crippen LogP contribution is -2.44. The number of nitrogens with one attached hydrogen (secondary N) is 1. The maximum Gasteiger partial charge on any atom is 0.252 e. The van der Waals surface area contributed by atoms with Gasteiger partial charge in [-0.3, -0.25) is 9.78 Å². The molecule has 0 saturated heterocycles. The second-order valence-corrected chi connectivity index (χ2v) is 5.88. The largest absolute Gasteiger partial charge is 0.487 e. The van der Waals surface area contributed by atoms with Gasteiger partial charge in [0, 0.05) is 11.3 Å². The minimum absolute atomic E-state index is 0.264. The van der Waals surface area contributed by atoms with E-state index in [9.17, 15) is 10.1 Å². The van der Waals surface area contributed by atoms with Crippen molar-refractivity contribution in [2.45, 2.75) is 39.3 Å². The lowest BCUT2D eigenvalue weighted by molar-refractivity contribution is 0.0923. The standard InChI is InChI=1S/C19H21N3O2/c1-4-19(3,13-20)22-18(23)16-7-5-6-15(10-16)12-24-17-9-8-14(2)21-11-17/h5-11H,4,12H2,1-3H3,(H,22,23). The van der Waals surface area contributed by atoms with Crippen molar-refractivity contribution >= 4 is 5.91 Å². The van der Waals surface area contributed by atoms with E-state index in [4.69, 9.17) is 4.74 Å². The summed E-state index contributed by atoms with van der Waals surface area (Å²) in [7, 11) is 0. The van der Waals surface area contributed by atoms with Crippen LogP contribution >= 0.6 is 0 Å². The SMILES string of the molecule is CCC(C)(C#N)NC(=O)c1cccc(COc2ccc(C)nc2)c1. The Morgan fingerprint density at radius 1 is 1.38 bits per heavy atom. The van der Waals surface area contributed by atoms with Gasteiger partial charge in [-0.15, -0.1) is 0 Å². The Morgan fingerprint density at radius 3 is 2.79 bits per heavy atom. The number of carbonyl (C=O) groups excluding carboxylic acids is 1. The van der Waals surface area contributed by atoms with E-state index in [0.717, 1.165) is 11.3 Å². The molecule has 1 N–H and O–H groups in total. The minimum atomic E-state index is -0.864. The maximum atomic E-state index is 12.3. The van der Waals surface area contributed by atoms with Crippen LogP contribution in [0.4, 0.5) is 0 Å². The summed E-state index contributed by atoms with van der Waals surface area (Å²) in [5.74, 6) is 0.415. The molecule has 5 heteroatoms. The predicted molar refractivity (Wildman–Crippen MR) is 91.5 cm³/mol. The molecule has 124 valence electrons. The molecule has 1 unspecified atom stereocenters. The zero-order valence-electron chi connectivity index (χ0n) is 14.2. The second-order valence-electron chi connectivity index (χ2n) is 5.88. The van der Waals surface area contributed by atoms with Crippen LogP contribution < -0.4 is 10.1 Å². The number of aryl methyl sites for hydroxylation is 1. The number of pyridine rings is 1. The molecule has 1 amide bonds. The highest BCUT2D eigenvalue weighted by atomic mass is 16.5. The van der Waals surface area contributed by atoms with Crippen molar-refractivity contribution in [1.82, 2.24) is 10.3 Å². The molecule has 0 fully saturated rings. The van der Waals surface area contributed by atoms with Gasteiger partial charge >= 0.3 is 0 Å². The molecule has 1 aromatic carbocycles. The average molecular weight is 323 g/mol. The first-order valence-electron chi connectivity index (χ1n) is 7.84. The van der Waals surface area contributed by atoms with Crippen LogP contribution in [0.5, 0.6) is 5.75 Å². The van der Waals surface area contributed by atoms with Crippen LogP contribution in [-0.4, -0.2) is 16.4 Å². The van der Waals surface area contributed by atoms with Crippen molar-refractivity contribution in [2.24, 2.45) is 0 Å². The third-order valence-corrected chi connectivity index (χ3v) is 3.82. The van der Waals surface area contributed by atoms with Gasteiger partial charge in [0.25, 0.3) is 5.91 Å². The van der Waals surface area contributed by atoms with Gasteiger partial charge in [0.2, 0.25) is 0 Å². The summed E-state index contributed by atoms with van der Waals surface area (Å²) in [6.07, 6.45) is 2.21. The van der Waals surface area contributed by atoms with Gasteiger partial charge in [-0.05, 0) is 50.1 Å². The molecule has 0 bridgehead atoms. The van der Waals surface area contributed by atoms with Crippen molar-refractivity contribution in [3.8, 4) is 11.8 Å². The Morgan fingerprint density at radius 2 is 2.17 bits per heavy atom. The van der Waals surface area contributed by atoms with Crippen molar-refractivity contribution in [2.75, 3.05) is 0 Å². The van der Waals surface area contributed by atoms with Crippen LogP contribution in [0.25, 0.3) is 0 Å². The molecule has 1 heterocycles. The lowest BCUT2D eigenvalue weighted by atomic mass is 10.00. The van der Waals surface area contributed by atoms with E-state index in [0.29, 0.717) is 24.3 Å². The zero-order chi connectivity index (χ0) is 17.6. The highest BCUT2D eigenvalue weighted by Crippen LogP contribution is 2.14. The maximum absolute atomic E-state index is 12.3. The van der Waals surface area contributed by atoms with Crippen molar-refractivity contribution in [3.63, 3.8) is 0 Å². The summed E-state index contributed by atoms with van der Waals surface area (Å²) in [6.45, 7) is 5.83. The average Bonchev–Trinajstić information content (AvgIpc) is 2.61. The summed E-state index contributed by atoms with van der Waals surface area (Å²) >= 11 is 0. The summed E-state index contributed by atoms with van der Waals surface area (Å²) in [6, 6.07) is 13.1. The molecule has 2 rings (SSSR count). The van der Waals surface area contributed by atoms with Crippen LogP contribution in [0.3, 0.4) is 0 Å². The fraction of sp³-hybridized carbons (Fsp3) is 0.316. The normalized spacial score (nSPS) is 12.8. The Balaban J connectivity index is 2.04. The molecule has 0 aliphatic carbocycles. The van der Waals surface area contributed by atoms with Crippen molar-refractivity contribution in [3.05, 3.63) is 59.4 Å². The number of nitriles is 1. The summed E-state index contributed by atoms with van der Waals surface area (Å²) in [5, 5.41) is 11.9. The first-order chi connectivity index (χ1) is 11.5. The van der Waals surface area contributed by atoms with Gasteiger partial charge in [-0.25, -0.2) is 0 Å². The Hall–Kier alpha value is -2.87. The number of rotatable bonds is 6. The topological polar surface area (TPSA) is 75.0 Å². The third-order valence-electron chi connectivity index (χ3n) is 3.82. The van der Waals surface area contributed by atoms with E-state index in [-0.39, 0.29) is 5.91 Å². The molecule has 0 spiro atoms. The number of carbonyl (C=O) groups is 1. The van der Waals surface area contributed by atoms with Gasteiger partial charge in [0.1, 0.15) is 17.9 Å². The fourth-order valence-electron chi connectivity index (χ4n) is 2.03. The van der Waals surface area contributed by atoms with Gasteiger partial charge in [0.05, 0.1) is 12.3 Å². The molecule has 5 nitrogen and oxygen atoms in total. The molecule has 24 heavy (non-hydrogen) atoms. The second kappa shape index (κ2) is 7.60. The quantitative estimate of drug-likeness (QED) is 0.884. The zero-order valence-corrected chi connectivity index (χ0v) is 14.2. The minimum Gasteiger partial charge on any atom is -0.487 e. The predicted octanol–water partition coefficient (Wildman–Crippen LogP) is 3.39. The number of hydrogen-bond acceptors (Lipinski definition) is 4. The van der Waals surface area contributed by atoms with E-state index in [1.54, 1.807) is 31.3 Å². The third kappa shape index (κ3) is 4.56. The van der Waals surface area contributed by atoms with E-state index in [2.05, 4.69) is 16.4 Å². The summed E-state index contributed by atoms with van der Waals surface area (Å²) in [5.41, 5.74) is 1.45. The van der Waals surface area contributed by atoms with Crippen molar-refractivity contribution in [1.29, 1.82) is 5.26 Å². The van der Waals surface area contributed by atoms with E-state index >= 15 is 0 Å². The Labute approximate surface area is 142 Å². The summed E-state index contributed by atoms with van der Waals surface area (Å²) < 4.78 is 5.68. The summed E-state index contributed by atoms with van der Waals surface area (Å²) in [4.78, 5) is 16.5. The Bertz CT molecular complexity index is 750. The van der Waals surface area contributed by atoms with Gasteiger partial charge in [-0.2, -0.15) is 5.26 Å².